The molecule has 0 aliphatic carbocycles. The van der Waals surface area contributed by atoms with Crippen molar-refractivity contribution in [3.05, 3.63) is 59.7 Å². The van der Waals surface area contributed by atoms with Crippen molar-refractivity contribution in [2.75, 3.05) is 23.8 Å². The summed E-state index contributed by atoms with van der Waals surface area (Å²) in [5.74, 6) is 0. The van der Waals surface area contributed by atoms with Crippen LogP contribution in [0.5, 0.6) is 0 Å². The number of aliphatic hydroxyl groups is 1. The van der Waals surface area contributed by atoms with E-state index in [1.54, 1.807) is 0 Å². The number of fused-ring (bicyclic) bond motifs is 6. The minimum atomic E-state index is 0.111. The first-order chi connectivity index (χ1) is 9.88. The summed E-state index contributed by atoms with van der Waals surface area (Å²) in [7, 11) is 0. The number of nitrogens with zero attached hydrogens (tertiary/aromatic N) is 1. The van der Waals surface area contributed by atoms with Crippen molar-refractivity contribution in [1.29, 1.82) is 0 Å². The van der Waals surface area contributed by atoms with Gasteiger partial charge in [0.15, 0.2) is 0 Å². The smallest absolute Gasteiger partial charge is 0.110 e. The summed E-state index contributed by atoms with van der Waals surface area (Å²) in [6.07, 6.45) is 0.221. The van der Waals surface area contributed by atoms with Crippen LogP contribution in [-0.2, 0) is 0 Å². The van der Waals surface area contributed by atoms with Crippen LogP contribution in [0.3, 0.4) is 0 Å². The van der Waals surface area contributed by atoms with Gasteiger partial charge >= 0.3 is 0 Å². The first-order valence-electron chi connectivity index (χ1n) is 6.96. The summed E-state index contributed by atoms with van der Waals surface area (Å²) in [6, 6.07) is 16.7. The van der Waals surface area contributed by atoms with Crippen molar-refractivity contribution in [1.82, 2.24) is 4.90 Å². The molecule has 4 nitrogen and oxygen atoms in total. The van der Waals surface area contributed by atoms with Crippen LogP contribution in [0, 0.1) is 0 Å². The predicted molar refractivity (Wildman–Crippen MR) is 79.4 cm³/mol. The monoisotopic (exact) mass is 267 g/mol. The summed E-state index contributed by atoms with van der Waals surface area (Å²) in [6.45, 7) is 0.790. The standard InChI is InChI=1S/C16H17N3O/c20-10-9-19-15-11-5-1-3-7-13(11)17-16(19)12-6-2-4-8-14(12)18-15/h1-8,15-18,20H,9-10H2. The minimum Gasteiger partial charge on any atom is -0.395 e. The van der Waals surface area contributed by atoms with E-state index in [1.807, 2.05) is 0 Å². The number of aliphatic hydroxyl groups excluding tert-OH is 1. The molecule has 2 unspecified atom stereocenters. The second-order valence-corrected chi connectivity index (χ2v) is 5.23. The normalized spacial score (nSPS) is 23.2. The molecule has 2 heterocycles. The molecule has 2 aromatic rings. The van der Waals surface area contributed by atoms with Gasteiger partial charge in [0.05, 0.1) is 6.61 Å². The van der Waals surface area contributed by atoms with E-state index in [0.717, 1.165) is 0 Å². The fourth-order valence-electron chi connectivity index (χ4n) is 3.23. The molecule has 2 aliphatic rings. The fraction of sp³-hybridized carbons (Fsp3) is 0.250. The van der Waals surface area contributed by atoms with Gasteiger partial charge in [0, 0.05) is 29.0 Å². The van der Waals surface area contributed by atoms with Crippen LogP contribution >= 0.6 is 0 Å². The van der Waals surface area contributed by atoms with E-state index >= 15 is 0 Å². The van der Waals surface area contributed by atoms with Crippen LogP contribution in [0.15, 0.2) is 48.5 Å². The lowest BCUT2D eigenvalue weighted by molar-refractivity contribution is 0.113. The maximum Gasteiger partial charge on any atom is 0.110 e. The van der Waals surface area contributed by atoms with Gasteiger partial charge in [-0.25, -0.2) is 0 Å². The molecule has 0 saturated heterocycles. The van der Waals surface area contributed by atoms with E-state index in [0.29, 0.717) is 6.54 Å². The highest BCUT2D eigenvalue weighted by atomic mass is 16.3. The van der Waals surface area contributed by atoms with Crippen LogP contribution in [0.1, 0.15) is 23.5 Å². The van der Waals surface area contributed by atoms with Crippen LogP contribution in [0.4, 0.5) is 11.4 Å². The van der Waals surface area contributed by atoms with Gasteiger partial charge in [0.25, 0.3) is 0 Å². The zero-order valence-corrected chi connectivity index (χ0v) is 11.1. The van der Waals surface area contributed by atoms with Gasteiger partial charge in [-0.3, -0.25) is 4.90 Å². The Morgan fingerprint density at radius 3 is 1.85 bits per heavy atom. The minimum absolute atomic E-state index is 0.111. The second-order valence-electron chi connectivity index (χ2n) is 5.23. The van der Waals surface area contributed by atoms with E-state index in [1.165, 1.54) is 22.5 Å². The van der Waals surface area contributed by atoms with Crippen molar-refractivity contribution in [3.8, 4) is 0 Å². The number of anilines is 2. The van der Waals surface area contributed by atoms with Crippen molar-refractivity contribution in [2.24, 2.45) is 0 Å². The summed E-state index contributed by atoms with van der Waals surface area (Å²) in [5.41, 5.74) is 4.79. The number of hydrogen-bond acceptors (Lipinski definition) is 4. The largest absolute Gasteiger partial charge is 0.395 e. The van der Waals surface area contributed by atoms with Gasteiger partial charge in [-0.05, 0) is 12.1 Å². The lowest BCUT2D eigenvalue weighted by Gasteiger charge is -2.48. The molecule has 0 spiro atoms. The van der Waals surface area contributed by atoms with Crippen LogP contribution in [-0.4, -0.2) is 23.2 Å². The van der Waals surface area contributed by atoms with E-state index in [2.05, 4.69) is 64.1 Å². The van der Waals surface area contributed by atoms with Gasteiger partial charge in [0.2, 0.25) is 0 Å². The van der Waals surface area contributed by atoms with Crippen molar-refractivity contribution >= 4 is 11.4 Å². The highest BCUT2D eigenvalue weighted by Gasteiger charge is 2.39. The summed E-state index contributed by atoms with van der Waals surface area (Å²) < 4.78 is 0. The third-order valence-electron chi connectivity index (χ3n) is 4.12. The molecule has 3 N–H and O–H groups in total. The number of hydrogen-bond donors (Lipinski definition) is 3. The first kappa shape index (κ1) is 11.8. The molecule has 2 bridgehead atoms. The topological polar surface area (TPSA) is 47.5 Å². The molecule has 0 radical (unpaired) electrons. The van der Waals surface area contributed by atoms with E-state index in [-0.39, 0.29) is 18.9 Å². The lowest BCUT2D eigenvalue weighted by Crippen LogP contribution is -2.48. The molecule has 2 atom stereocenters. The van der Waals surface area contributed by atoms with Crippen LogP contribution in [0.2, 0.25) is 0 Å². The average molecular weight is 267 g/mol. The molecule has 4 rings (SSSR count). The van der Waals surface area contributed by atoms with Gasteiger partial charge in [-0.15, -0.1) is 0 Å². The number of para-hydroxylation sites is 2. The molecule has 2 aromatic carbocycles. The van der Waals surface area contributed by atoms with E-state index in [4.69, 9.17) is 0 Å². The molecule has 0 fully saturated rings. The van der Waals surface area contributed by atoms with Crippen LogP contribution in [0.25, 0.3) is 0 Å². The Labute approximate surface area is 118 Å². The third kappa shape index (κ3) is 1.62. The van der Waals surface area contributed by atoms with Gasteiger partial charge in [-0.1, -0.05) is 36.4 Å². The zero-order chi connectivity index (χ0) is 13.5. The molecule has 2 aliphatic heterocycles. The predicted octanol–water partition coefficient (Wildman–Crippen LogP) is 2.53. The molecule has 0 saturated carbocycles. The number of benzene rings is 2. The number of rotatable bonds is 2. The second kappa shape index (κ2) is 4.51. The first-order valence-corrected chi connectivity index (χ1v) is 6.96. The molecule has 0 aromatic heterocycles. The Balaban J connectivity index is 1.86. The fourth-order valence-corrected chi connectivity index (χ4v) is 3.23. The molecular formula is C16H17N3O. The SMILES string of the molecule is OCCN1C2Nc3ccccc3C1Nc1ccccc12. The Morgan fingerprint density at radius 2 is 1.35 bits per heavy atom. The third-order valence-corrected chi connectivity index (χ3v) is 4.12. The molecular weight excluding hydrogens is 250 g/mol. The van der Waals surface area contributed by atoms with Gasteiger partial charge in [-0.2, -0.15) is 0 Å². The average Bonchev–Trinajstić information content (AvgIpc) is 2.49. The summed E-state index contributed by atoms with van der Waals surface area (Å²) >= 11 is 0. The van der Waals surface area contributed by atoms with E-state index in [9.17, 15) is 5.11 Å². The Hall–Kier alpha value is -2.04. The Bertz CT molecular complexity index is 590. The Morgan fingerprint density at radius 1 is 0.850 bits per heavy atom. The lowest BCUT2D eigenvalue weighted by atomic mass is 9.96. The summed E-state index contributed by atoms with van der Waals surface area (Å²) in [4.78, 5) is 2.27. The maximum absolute atomic E-state index is 9.37. The van der Waals surface area contributed by atoms with Crippen molar-refractivity contribution < 1.29 is 5.11 Å². The molecule has 4 heteroatoms. The highest BCUT2D eigenvalue weighted by molar-refractivity contribution is 5.65. The van der Waals surface area contributed by atoms with Crippen molar-refractivity contribution in [3.63, 3.8) is 0 Å². The summed E-state index contributed by atoms with van der Waals surface area (Å²) in [5, 5.41) is 16.6. The zero-order valence-electron chi connectivity index (χ0n) is 11.1. The van der Waals surface area contributed by atoms with Crippen LogP contribution < -0.4 is 10.6 Å². The molecule has 20 heavy (non-hydrogen) atoms. The van der Waals surface area contributed by atoms with Crippen molar-refractivity contribution in [2.45, 2.75) is 12.3 Å². The quantitative estimate of drug-likeness (QED) is 0.782. The molecule has 0 amide bonds. The van der Waals surface area contributed by atoms with Gasteiger partial charge < -0.3 is 15.7 Å². The van der Waals surface area contributed by atoms with Gasteiger partial charge in [0.1, 0.15) is 12.3 Å². The maximum atomic E-state index is 9.37. The number of nitrogens with one attached hydrogen (secondary N) is 2. The van der Waals surface area contributed by atoms with E-state index < -0.39 is 0 Å². The molecule has 102 valence electrons. The highest BCUT2D eigenvalue weighted by Crippen LogP contribution is 2.46. The Kier molecular flexibility index (Phi) is 2.65.